The van der Waals surface area contributed by atoms with E-state index in [-0.39, 0.29) is 17.6 Å². The molecule has 7 nitrogen and oxygen atoms in total. The van der Waals surface area contributed by atoms with Gasteiger partial charge >= 0.3 is 5.69 Å². The van der Waals surface area contributed by atoms with Gasteiger partial charge in [-0.2, -0.15) is 0 Å². The fourth-order valence-corrected chi connectivity index (χ4v) is 3.90. The average molecular weight is 413 g/mol. The largest absolute Gasteiger partial charge is 0.354 e. The summed E-state index contributed by atoms with van der Waals surface area (Å²) in [6, 6.07) is 18.0. The summed E-state index contributed by atoms with van der Waals surface area (Å²) in [6.07, 6.45) is 5.69. The summed E-state index contributed by atoms with van der Waals surface area (Å²) in [7, 11) is 0. The van der Waals surface area contributed by atoms with Gasteiger partial charge in [-0.1, -0.05) is 42.5 Å². The van der Waals surface area contributed by atoms with Gasteiger partial charge < -0.3 is 5.32 Å². The normalized spacial score (nSPS) is 13.4. The summed E-state index contributed by atoms with van der Waals surface area (Å²) in [4.78, 5) is 29.5. The second kappa shape index (κ2) is 8.18. The Morgan fingerprint density at radius 3 is 2.71 bits per heavy atom. The molecule has 1 aliphatic carbocycles. The Kier molecular flexibility index (Phi) is 5.08. The molecule has 0 radical (unpaired) electrons. The minimum Gasteiger partial charge on any atom is -0.354 e. The molecule has 0 aliphatic heterocycles. The zero-order chi connectivity index (χ0) is 21.2. The highest BCUT2D eigenvalue weighted by Gasteiger charge is 2.30. The van der Waals surface area contributed by atoms with E-state index in [4.69, 9.17) is 0 Å². The molecule has 31 heavy (non-hydrogen) atoms. The van der Waals surface area contributed by atoms with Crippen molar-refractivity contribution < 1.29 is 4.79 Å². The standard InChI is InChI=1S/C24H23N5O2/c30-22(15-18-7-3-6-17-5-1-2-9-21(17)18)26-13-14-28-24(31)29(20-10-11-20)23(27-28)19-8-4-12-25-16-19/h1-9,12,16,20H,10-11,13-15H2,(H,26,30). The van der Waals surface area contributed by atoms with E-state index in [0.717, 1.165) is 34.7 Å². The Morgan fingerprint density at radius 1 is 1.06 bits per heavy atom. The van der Waals surface area contributed by atoms with Gasteiger partial charge in [0.25, 0.3) is 0 Å². The summed E-state index contributed by atoms with van der Waals surface area (Å²) in [5.41, 5.74) is 1.68. The molecule has 0 bridgehead atoms. The summed E-state index contributed by atoms with van der Waals surface area (Å²) >= 11 is 0. The molecule has 5 rings (SSSR count). The van der Waals surface area contributed by atoms with E-state index in [9.17, 15) is 9.59 Å². The van der Waals surface area contributed by atoms with Crippen LogP contribution in [0.4, 0.5) is 0 Å². The molecule has 0 saturated heterocycles. The molecule has 156 valence electrons. The molecular weight excluding hydrogens is 390 g/mol. The van der Waals surface area contributed by atoms with Crippen LogP contribution in [0.15, 0.2) is 71.8 Å². The van der Waals surface area contributed by atoms with Gasteiger partial charge in [-0.15, -0.1) is 5.10 Å². The zero-order valence-corrected chi connectivity index (χ0v) is 17.1. The molecule has 2 heterocycles. The summed E-state index contributed by atoms with van der Waals surface area (Å²) in [6.45, 7) is 0.671. The van der Waals surface area contributed by atoms with E-state index in [1.807, 2.05) is 54.6 Å². The van der Waals surface area contributed by atoms with Gasteiger partial charge in [-0.3, -0.25) is 14.3 Å². The lowest BCUT2D eigenvalue weighted by Gasteiger charge is -2.08. The fraction of sp³-hybridized carbons (Fsp3) is 0.250. The minimum absolute atomic E-state index is 0.0708. The summed E-state index contributed by atoms with van der Waals surface area (Å²) in [5, 5.41) is 9.67. The van der Waals surface area contributed by atoms with Gasteiger partial charge in [0.1, 0.15) is 0 Å². The molecule has 0 spiro atoms. The Balaban J connectivity index is 1.27. The molecule has 4 aromatic rings. The van der Waals surface area contributed by atoms with Gasteiger partial charge in [0.2, 0.25) is 5.91 Å². The molecule has 7 heteroatoms. The quantitative estimate of drug-likeness (QED) is 0.505. The molecule has 1 fully saturated rings. The van der Waals surface area contributed by atoms with Crippen molar-refractivity contribution in [2.24, 2.45) is 0 Å². The van der Waals surface area contributed by atoms with Crippen molar-refractivity contribution in [2.75, 3.05) is 6.54 Å². The molecule has 1 amide bonds. The van der Waals surface area contributed by atoms with Crippen molar-refractivity contribution in [3.8, 4) is 11.4 Å². The van der Waals surface area contributed by atoms with Crippen molar-refractivity contribution in [1.82, 2.24) is 24.6 Å². The smallest absolute Gasteiger partial charge is 0.346 e. The van der Waals surface area contributed by atoms with Crippen molar-refractivity contribution in [3.63, 3.8) is 0 Å². The Morgan fingerprint density at radius 2 is 1.90 bits per heavy atom. The van der Waals surface area contributed by atoms with Crippen LogP contribution in [-0.2, 0) is 17.8 Å². The van der Waals surface area contributed by atoms with Crippen LogP contribution < -0.4 is 11.0 Å². The maximum absolute atomic E-state index is 12.9. The second-order valence-electron chi connectivity index (χ2n) is 7.84. The molecule has 1 saturated carbocycles. The van der Waals surface area contributed by atoms with Crippen LogP contribution in [0.2, 0.25) is 0 Å². The Labute approximate surface area is 179 Å². The van der Waals surface area contributed by atoms with E-state index >= 15 is 0 Å². The van der Waals surface area contributed by atoms with Crippen LogP contribution in [-0.4, -0.2) is 31.8 Å². The van der Waals surface area contributed by atoms with Crippen molar-refractivity contribution in [3.05, 3.63) is 83.0 Å². The number of nitrogens with zero attached hydrogens (tertiary/aromatic N) is 4. The SMILES string of the molecule is O=C(Cc1cccc2ccccc12)NCCn1nc(-c2cccnc2)n(C2CC2)c1=O. The first-order valence-corrected chi connectivity index (χ1v) is 10.5. The lowest BCUT2D eigenvalue weighted by atomic mass is 10.0. The van der Waals surface area contributed by atoms with Crippen molar-refractivity contribution in [1.29, 1.82) is 0 Å². The number of carbonyl (C=O) groups excluding carboxylic acids is 1. The van der Waals surface area contributed by atoms with Gasteiger partial charge in [0, 0.05) is 30.5 Å². The van der Waals surface area contributed by atoms with E-state index in [0.29, 0.717) is 25.3 Å². The molecule has 1 N–H and O–H groups in total. The fourth-order valence-electron chi connectivity index (χ4n) is 3.90. The number of carbonyl (C=O) groups is 1. The number of hydrogen-bond acceptors (Lipinski definition) is 4. The maximum Gasteiger partial charge on any atom is 0.346 e. The summed E-state index contributed by atoms with van der Waals surface area (Å²) in [5.74, 6) is 0.571. The molecular formula is C24H23N5O2. The highest BCUT2D eigenvalue weighted by atomic mass is 16.2. The maximum atomic E-state index is 12.9. The molecule has 2 aromatic carbocycles. The highest BCUT2D eigenvalue weighted by Crippen LogP contribution is 2.36. The first-order chi connectivity index (χ1) is 15.2. The summed E-state index contributed by atoms with van der Waals surface area (Å²) < 4.78 is 3.20. The van der Waals surface area contributed by atoms with Gasteiger partial charge in [-0.25, -0.2) is 9.48 Å². The van der Waals surface area contributed by atoms with Crippen LogP contribution in [0.25, 0.3) is 22.2 Å². The Bertz CT molecular complexity index is 1280. The molecule has 0 unspecified atom stereocenters. The van der Waals surface area contributed by atoms with Crippen LogP contribution in [0.1, 0.15) is 24.4 Å². The lowest BCUT2D eigenvalue weighted by molar-refractivity contribution is -0.120. The molecule has 0 atom stereocenters. The average Bonchev–Trinajstić information content (AvgIpc) is 3.58. The van der Waals surface area contributed by atoms with Crippen molar-refractivity contribution in [2.45, 2.75) is 31.8 Å². The lowest BCUT2D eigenvalue weighted by Crippen LogP contribution is -2.32. The van der Waals surface area contributed by atoms with E-state index in [2.05, 4.69) is 15.4 Å². The first kappa shape index (κ1) is 19.2. The number of hydrogen-bond donors (Lipinski definition) is 1. The number of amides is 1. The third-order valence-corrected chi connectivity index (χ3v) is 5.58. The zero-order valence-electron chi connectivity index (χ0n) is 17.1. The monoisotopic (exact) mass is 413 g/mol. The van der Waals surface area contributed by atoms with Crippen LogP contribution in [0.3, 0.4) is 0 Å². The number of pyridine rings is 1. The number of rotatable bonds is 7. The first-order valence-electron chi connectivity index (χ1n) is 10.5. The third kappa shape index (κ3) is 3.99. The van der Waals surface area contributed by atoms with Crippen LogP contribution in [0, 0.1) is 0 Å². The van der Waals surface area contributed by atoms with E-state index in [1.165, 1.54) is 4.68 Å². The topological polar surface area (TPSA) is 81.8 Å². The second-order valence-corrected chi connectivity index (χ2v) is 7.84. The van der Waals surface area contributed by atoms with Crippen LogP contribution >= 0.6 is 0 Å². The van der Waals surface area contributed by atoms with Gasteiger partial charge in [-0.05, 0) is 41.3 Å². The number of fused-ring (bicyclic) bond motifs is 1. The van der Waals surface area contributed by atoms with Crippen LogP contribution in [0.5, 0.6) is 0 Å². The Hall–Kier alpha value is -3.74. The number of benzene rings is 2. The predicted molar refractivity (Wildman–Crippen MR) is 119 cm³/mol. The van der Waals surface area contributed by atoms with Gasteiger partial charge in [0.05, 0.1) is 13.0 Å². The number of nitrogens with one attached hydrogen (secondary N) is 1. The molecule has 2 aromatic heterocycles. The molecule has 1 aliphatic rings. The van der Waals surface area contributed by atoms with Crippen molar-refractivity contribution >= 4 is 16.7 Å². The predicted octanol–water partition coefficient (Wildman–Crippen LogP) is 2.95. The van der Waals surface area contributed by atoms with Gasteiger partial charge in [0.15, 0.2) is 5.82 Å². The third-order valence-electron chi connectivity index (χ3n) is 5.58. The number of aromatic nitrogens is 4. The van der Waals surface area contributed by atoms with E-state index < -0.39 is 0 Å². The minimum atomic E-state index is -0.135. The highest BCUT2D eigenvalue weighted by molar-refractivity contribution is 5.90. The van der Waals surface area contributed by atoms with E-state index in [1.54, 1.807) is 17.0 Å².